The van der Waals surface area contributed by atoms with Gasteiger partial charge in [0.15, 0.2) is 11.2 Å². The maximum absolute atomic E-state index is 12.4. The molecule has 2 aromatic rings. The Balaban J connectivity index is 1.82. The topological polar surface area (TPSA) is 74.3 Å². The Morgan fingerprint density at radius 3 is 2.71 bits per heavy atom. The molecule has 0 spiro atoms. The SMILES string of the molecule is COC1CN(CCn2cnc3c2c(=O)n(C)c(=O)n3C)CCC1C. The first kappa shape index (κ1) is 16.9. The van der Waals surface area contributed by atoms with E-state index in [1.165, 1.54) is 11.6 Å². The predicted molar refractivity (Wildman–Crippen MR) is 91.2 cm³/mol. The quantitative estimate of drug-likeness (QED) is 0.773. The minimum atomic E-state index is -0.356. The number of methoxy groups -OCH3 is 1. The van der Waals surface area contributed by atoms with E-state index in [-0.39, 0.29) is 17.4 Å². The smallest absolute Gasteiger partial charge is 0.332 e. The van der Waals surface area contributed by atoms with E-state index < -0.39 is 0 Å². The van der Waals surface area contributed by atoms with E-state index in [0.717, 1.165) is 30.6 Å². The molecule has 0 N–H and O–H groups in total. The molecule has 0 aliphatic carbocycles. The molecule has 24 heavy (non-hydrogen) atoms. The van der Waals surface area contributed by atoms with Gasteiger partial charge in [-0.2, -0.15) is 0 Å². The second kappa shape index (κ2) is 6.52. The summed E-state index contributed by atoms with van der Waals surface area (Å²) in [6.07, 6.45) is 3.01. The summed E-state index contributed by atoms with van der Waals surface area (Å²) in [5, 5.41) is 0. The van der Waals surface area contributed by atoms with Crippen LogP contribution in [0.15, 0.2) is 15.9 Å². The van der Waals surface area contributed by atoms with Crippen LogP contribution in [-0.2, 0) is 25.4 Å². The second-order valence-electron chi connectivity index (χ2n) is 6.66. The number of hydrogen-bond acceptors (Lipinski definition) is 5. The summed E-state index contributed by atoms with van der Waals surface area (Å²) in [5.41, 5.74) is 0.261. The number of aryl methyl sites for hydroxylation is 1. The summed E-state index contributed by atoms with van der Waals surface area (Å²) >= 11 is 0. The molecule has 2 atom stereocenters. The molecule has 0 saturated carbocycles. The Hall–Kier alpha value is -1.93. The minimum Gasteiger partial charge on any atom is -0.380 e. The van der Waals surface area contributed by atoms with Crippen LogP contribution in [0.3, 0.4) is 0 Å². The Morgan fingerprint density at radius 2 is 2.00 bits per heavy atom. The predicted octanol–water partition coefficient (Wildman–Crippen LogP) is -0.209. The third kappa shape index (κ3) is 2.80. The molecule has 0 aromatic carbocycles. The lowest BCUT2D eigenvalue weighted by Gasteiger charge is -2.36. The molecule has 8 nitrogen and oxygen atoms in total. The van der Waals surface area contributed by atoms with Gasteiger partial charge in [-0.3, -0.25) is 18.8 Å². The van der Waals surface area contributed by atoms with Gasteiger partial charge in [-0.1, -0.05) is 6.92 Å². The molecule has 2 unspecified atom stereocenters. The van der Waals surface area contributed by atoms with Crippen LogP contribution in [0.25, 0.3) is 11.2 Å². The summed E-state index contributed by atoms with van der Waals surface area (Å²) in [5.74, 6) is 0.571. The Kier molecular flexibility index (Phi) is 4.60. The molecule has 2 aromatic heterocycles. The maximum Gasteiger partial charge on any atom is 0.332 e. The molecule has 0 bridgehead atoms. The third-order valence-corrected chi connectivity index (χ3v) is 5.15. The van der Waals surface area contributed by atoms with Crippen molar-refractivity contribution < 1.29 is 4.74 Å². The molecule has 132 valence electrons. The van der Waals surface area contributed by atoms with Gasteiger partial charge in [-0.15, -0.1) is 0 Å². The lowest BCUT2D eigenvalue weighted by atomic mass is 9.96. The van der Waals surface area contributed by atoms with Gasteiger partial charge >= 0.3 is 5.69 Å². The fourth-order valence-electron chi connectivity index (χ4n) is 3.42. The number of imidazole rings is 1. The van der Waals surface area contributed by atoms with Gasteiger partial charge in [-0.05, 0) is 18.9 Å². The van der Waals surface area contributed by atoms with Gasteiger partial charge in [0.2, 0.25) is 0 Å². The summed E-state index contributed by atoms with van der Waals surface area (Å²) in [6, 6.07) is 0. The van der Waals surface area contributed by atoms with Gasteiger partial charge in [0.05, 0.1) is 12.4 Å². The monoisotopic (exact) mass is 335 g/mol. The van der Waals surface area contributed by atoms with Crippen LogP contribution in [0, 0.1) is 5.92 Å². The van der Waals surface area contributed by atoms with Crippen molar-refractivity contribution in [3.63, 3.8) is 0 Å². The largest absolute Gasteiger partial charge is 0.380 e. The fraction of sp³-hybridized carbons (Fsp3) is 0.688. The Labute approximate surface area is 140 Å². The van der Waals surface area contributed by atoms with E-state index in [1.54, 1.807) is 20.5 Å². The number of rotatable bonds is 4. The highest BCUT2D eigenvalue weighted by Gasteiger charge is 2.25. The van der Waals surface area contributed by atoms with Crippen molar-refractivity contribution in [1.29, 1.82) is 0 Å². The van der Waals surface area contributed by atoms with Crippen LogP contribution in [0.2, 0.25) is 0 Å². The van der Waals surface area contributed by atoms with E-state index in [2.05, 4.69) is 16.8 Å². The summed E-state index contributed by atoms with van der Waals surface area (Å²) in [4.78, 5) is 31.0. The first-order valence-electron chi connectivity index (χ1n) is 8.30. The number of ether oxygens (including phenoxy) is 1. The van der Waals surface area contributed by atoms with Crippen molar-refractivity contribution in [3.8, 4) is 0 Å². The Bertz CT molecular complexity index is 850. The molecule has 8 heteroatoms. The standard InChI is InChI=1S/C16H25N5O3/c1-11-5-6-20(9-12(11)24-4)7-8-21-10-17-14-13(21)15(22)19(3)16(23)18(14)2/h10-12H,5-9H2,1-4H3. The number of nitrogens with zero attached hydrogens (tertiary/aromatic N) is 5. The number of hydrogen-bond donors (Lipinski definition) is 0. The Morgan fingerprint density at radius 1 is 1.25 bits per heavy atom. The molecular weight excluding hydrogens is 310 g/mol. The summed E-state index contributed by atoms with van der Waals surface area (Å²) in [7, 11) is 4.89. The lowest BCUT2D eigenvalue weighted by molar-refractivity contribution is -0.00564. The lowest BCUT2D eigenvalue weighted by Crippen LogP contribution is -2.45. The van der Waals surface area contributed by atoms with E-state index in [4.69, 9.17) is 4.74 Å². The average Bonchev–Trinajstić information content (AvgIpc) is 3.01. The molecule has 3 rings (SSSR count). The zero-order valence-electron chi connectivity index (χ0n) is 14.7. The highest BCUT2D eigenvalue weighted by molar-refractivity contribution is 5.69. The van der Waals surface area contributed by atoms with Crippen molar-refractivity contribution >= 4 is 11.2 Å². The summed E-state index contributed by atoms with van der Waals surface area (Å²) < 4.78 is 9.94. The van der Waals surface area contributed by atoms with E-state index in [0.29, 0.717) is 23.6 Å². The third-order valence-electron chi connectivity index (χ3n) is 5.15. The molecule has 1 aliphatic rings. The zero-order chi connectivity index (χ0) is 17.4. The number of fused-ring (bicyclic) bond motifs is 1. The van der Waals surface area contributed by atoms with Crippen molar-refractivity contribution in [3.05, 3.63) is 27.2 Å². The van der Waals surface area contributed by atoms with Gasteiger partial charge in [0.25, 0.3) is 5.56 Å². The van der Waals surface area contributed by atoms with Crippen LogP contribution in [-0.4, -0.2) is 56.4 Å². The normalized spacial score (nSPS) is 22.3. The van der Waals surface area contributed by atoms with E-state index >= 15 is 0 Å². The highest BCUT2D eigenvalue weighted by Crippen LogP contribution is 2.19. The van der Waals surface area contributed by atoms with Gasteiger partial charge < -0.3 is 9.30 Å². The van der Waals surface area contributed by atoms with Gasteiger partial charge in [0.1, 0.15) is 0 Å². The number of aromatic nitrogens is 4. The first-order chi connectivity index (χ1) is 11.4. The van der Waals surface area contributed by atoms with Gasteiger partial charge in [0, 0.05) is 40.8 Å². The second-order valence-corrected chi connectivity index (χ2v) is 6.66. The maximum atomic E-state index is 12.4. The van der Waals surface area contributed by atoms with Crippen molar-refractivity contribution in [2.75, 3.05) is 26.7 Å². The van der Waals surface area contributed by atoms with E-state index in [1.807, 2.05) is 4.57 Å². The zero-order valence-corrected chi connectivity index (χ0v) is 14.7. The molecule has 0 radical (unpaired) electrons. The average molecular weight is 335 g/mol. The molecule has 1 fully saturated rings. The van der Waals surface area contributed by atoms with Crippen LogP contribution < -0.4 is 11.2 Å². The summed E-state index contributed by atoms with van der Waals surface area (Å²) in [6.45, 7) is 5.64. The highest BCUT2D eigenvalue weighted by atomic mass is 16.5. The molecular formula is C16H25N5O3. The molecule has 3 heterocycles. The fourth-order valence-corrected chi connectivity index (χ4v) is 3.42. The van der Waals surface area contributed by atoms with Crippen LogP contribution in [0.5, 0.6) is 0 Å². The molecule has 1 aliphatic heterocycles. The first-order valence-corrected chi connectivity index (χ1v) is 8.30. The number of likely N-dealkylation sites (tertiary alicyclic amines) is 1. The van der Waals surface area contributed by atoms with Crippen molar-refractivity contribution in [2.24, 2.45) is 20.0 Å². The molecule has 1 saturated heterocycles. The van der Waals surface area contributed by atoms with Crippen molar-refractivity contribution in [1.82, 2.24) is 23.6 Å². The van der Waals surface area contributed by atoms with Crippen LogP contribution in [0.1, 0.15) is 13.3 Å². The van der Waals surface area contributed by atoms with Crippen molar-refractivity contribution in [2.45, 2.75) is 26.0 Å². The minimum absolute atomic E-state index is 0.256. The van der Waals surface area contributed by atoms with Gasteiger partial charge in [-0.25, -0.2) is 9.78 Å². The van der Waals surface area contributed by atoms with E-state index in [9.17, 15) is 9.59 Å². The number of piperidine rings is 1. The molecule has 0 amide bonds. The van der Waals surface area contributed by atoms with Crippen LogP contribution in [0.4, 0.5) is 0 Å². The van der Waals surface area contributed by atoms with Crippen LogP contribution >= 0.6 is 0 Å².